The molecule has 3 aromatic rings. The highest BCUT2D eigenvalue weighted by molar-refractivity contribution is 6.32. The molecule has 8 heteroatoms. The lowest BCUT2D eigenvalue weighted by atomic mass is 9.92. The van der Waals surface area contributed by atoms with E-state index in [4.69, 9.17) is 23.1 Å². The highest BCUT2D eigenvalue weighted by Gasteiger charge is 2.15. The van der Waals surface area contributed by atoms with Gasteiger partial charge in [-0.2, -0.15) is 4.98 Å². The molecule has 2 aromatic carbocycles. The van der Waals surface area contributed by atoms with Crippen molar-refractivity contribution in [1.29, 1.82) is 0 Å². The quantitative estimate of drug-likeness (QED) is 0.354. The van der Waals surface area contributed by atoms with Crippen LogP contribution in [0.25, 0.3) is 11.1 Å². The smallest absolute Gasteiger partial charge is 0.229 e. The van der Waals surface area contributed by atoms with Gasteiger partial charge >= 0.3 is 0 Å². The maximum Gasteiger partial charge on any atom is 0.229 e. The fourth-order valence-corrected chi connectivity index (χ4v) is 4.26. The Morgan fingerprint density at radius 1 is 1.15 bits per heavy atom. The van der Waals surface area contributed by atoms with Crippen LogP contribution in [0.1, 0.15) is 29.2 Å². The number of likely N-dealkylation sites (N-methyl/N-ethyl adjacent to an activating group) is 1. The molecular formula is C26H30ClN7. The van der Waals surface area contributed by atoms with Gasteiger partial charge in [-0.1, -0.05) is 29.8 Å². The molecule has 0 unspecified atom stereocenters. The summed E-state index contributed by atoms with van der Waals surface area (Å²) in [7, 11) is 2.17. The van der Waals surface area contributed by atoms with Crippen LogP contribution in [0.5, 0.6) is 0 Å². The van der Waals surface area contributed by atoms with Crippen molar-refractivity contribution in [2.75, 3.05) is 18.9 Å². The van der Waals surface area contributed by atoms with Crippen LogP contribution in [0.4, 0.5) is 17.5 Å². The number of amidine groups is 1. The van der Waals surface area contributed by atoms with Crippen molar-refractivity contribution in [3.05, 3.63) is 75.6 Å². The third-order valence-electron chi connectivity index (χ3n) is 5.87. The lowest BCUT2D eigenvalue weighted by Crippen LogP contribution is -2.26. The average Bonchev–Trinajstić information content (AvgIpc) is 2.77. The number of hydrogen-bond acceptors (Lipinski definition) is 6. The van der Waals surface area contributed by atoms with E-state index in [-0.39, 0.29) is 11.7 Å². The predicted molar refractivity (Wildman–Crippen MR) is 141 cm³/mol. The number of nitrogens with zero attached hydrogens (tertiary/aromatic N) is 4. The summed E-state index contributed by atoms with van der Waals surface area (Å²) in [5.41, 5.74) is 20.6. The molecule has 5 N–H and O–H groups in total. The van der Waals surface area contributed by atoms with E-state index in [1.54, 1.807) is 13.0 Å². The monoisotopic (exact) mass is 475 g/mol. The van der Waals surface area contributed by atoms with Crippen LogP contribution < -0.4 is 16.8 Å². The molecule has 176 valence electrons. The van der Waals surface area contributed by atoms with Crippen LogP contribution in [0.2, 0.25) is 5.02 Å². The molecule has 0 amide bonds. The van der Waals surface area contributed by atoms with Gasteiger partial charge in [0, 0.05) is 24.5 Å². The van der Waals surface area contributed by atoms with E-state index in [9.17, 15) is 0 Å². The van der Waals surface area contributed by atoms with Crippen LogP contribution in [-0.4, -0.2) is 34.3 Å². The summed E-state index contributed by atoms with van der Waals surface area (Å²) in [6.45, 7) is 8.03. The van der Waals surface area contributed by atoms with Crippen LogP contribution in [-0.2, 0) is 13.0 Å². The van der Waals surface area contributed by atoms with Gasteiger partial charge in [0.15, 0.2) is 5.82 Å². The lowest BCUT2D eigenvalue weighted by molar-refractivity contribution is 0.313. The summed E-state index contributed by atoms with van der Waals surface area (Å²) in [5, 5.41) is 3.60. The number of hydrogen-bond donors (Lipinski definition) is 3. The maximum atomic E-state index is 6.21. The van der Waals surface area contributed by atoms with Crippen LogP contribution in [0, 0.1) is 13.8 Å². The molecule has 4 rings (SSSR count). The minimum absolute atomic E-state index is 0.222. The summed E-state index contributed by atoms with van der Waals surface area (Å²) >= 11 is 6.21. The molecular weight excluding hydrogens is 446 g/mol. The van der Waals surface area contributed by atoms with E-state index in [0.717, 1.165) is 30.8 Å². The minimum Gasteiger partial charge on any atom is -0.402 e. The van der Waals surface area contributed by atoms with Crippen molar-refractivity contribution in [2.45, 2.75) is 33.7 Å². The number of aliphatic imine (C=N–C) groups is 1. The van der Waals surface area contributed by atoms with E-state index in [1.807, 2.05) is 0 Å². The van der Waals surface area contributed by atoms with Crippen molar-refractivity contribution in [3.63, 3.8) is 0 Å². The van der Waals surface area contributed by atoms with Crippen LogP contribution in [0.3, 0.4) is 0 Å². The number of rotatable bonds is 5. The molecule has 1 aliphatic heterocycles. The predicted octanol–water partition coefficient (Wildman–Crippen LogP) is 5.00. The van der Waals surface area contributed by atoms with Gasteiger partial charge in [-0.05, 0) is 85.8 Å². The Morgan fingerprint density at radius 2 is 1.94 bits per heavy atom. The Labute approximate surface area is 205 Å². The molecule has 0 atom stereocenters. The number of aromatic nitrogens is 2. The Balaban J connectivity index is 1.61. The van der Waals surface area contributed by atoms with Gasteiger partial charge < -0.3 is 21.7 Å². The van der Waals surface area contributed by atoms with Gasteiger partial charge in [-0.15, -0.1) is 0 Å². The SMILES string of the molecule is C/C(N)=C/C(N)=Nc1nc(Nc2cc(C)c(-c3ccc4c(c3)CCN(C)C4)cc2C)ncc1Cl. The number of halogens is 1. The molecule has 7 nitrogen and oxygen atoms in total. The topological polar surface area (TPSA) is 105 Å². The number of anilines is 2. The van der Waals surface area contributed by atoms with E-state index in [1.165, 1.54) is 34.0 Å². The van der Waals surface area contributed by atoms with Gasteiger partial charge in [-0.3, -0.25) is 0 Å². The highest BCUT2D eigenvalue weighted by Crippen LogP contribution is 2.33. The maximum absolute atomic E-state index is 6.21. The molecule has 1 aromatic heterocycles. The van der Waals surface area contributed by atoms with Crippen molar-refractivity contribution in [1.82, 2.24) is 14.9 Å². The molecule has 0 saturated heterocycles. The van der Waals surface area contributed by atoms with Crippen LogP contribution >= 0.6 is 11.6 Å². The number of nitrogens with one attached hydrogen (secondary N) is 1. The first-order chi connectivity index (χ1) is 16.2. The zero-order chi connectivity index (χ0) is 24.4. The molecule has 0 bridgehead atoms. The summed E-state index contributed by atoms with van der Waals surface area (Å²) < 4.78 is 0. The Kier molecular flexibility index (Phi) is 6.86. The van der Waals surface area contributed by atoms with Crippen molar-refractivity contribution >= 4 is 34.9 Å². The number of fused-ring (bicyclic) bond motifs is 1. The fourth-order valence-electron chi connectivity index (χ4n) is 4.13. The standard InChI is InChI=1S/C26H30ClN7/c1-15-10-23(31-26-30-13-22(27)25(33-26)32-24(29)11-17(3)28)16(2)9-21(15)19-5-6-20-14-34(4)8-7-18(20)12-19/h5-6,9-13H,7-8,14,28H2,1-4H3,(H3,29,30,31,32,33)/b17-11-. The summed E-state index contributed by atoms with van der Waals surface area (Å²) in [4.78, 5) is 15.3. The lowest BCUT2D eigenvalue weighted by Gasteiger charge is -2.25. The second-order valence-corrected chi connectivity index (χ2v) is 9.28. The fraction of sp³-hybridized carbons (Fsp3) is 0.269. The second-order valence-electron chi connectivity index (χ2n) is 8.87. The second kappa shape index (κ2) is 9.83. The third kappa shape index (κ3) is 5.38. The number of benzene rings is 2. The largest absolute Gasteiger partial charge is 0.402 e. The first-order valence-corrected chi connectivity index (χ1v) is 11.6. The Morgan fingerprint density at radius 3 is 2.71 bits per heavy atom. The number of aryl methyl sites for hydroxylation is 2. The number of allylic oxidation sites excluding steroid dienone is 1. The first-order valence-electron chi connectivity index (χ1n) is 11.2. The highest BCUT2D eigenvalue weighted by atomic mass is 35.5. The molecule has 2 heterocycles. The van der Waals surface area contributed by atoms with Crippen molar-refractivity contribution < 1.29 is 0 Å². The van der Waals surface area contributed by atoms with E-state index in [2.05, 4.69) is 76.4 Å². The molecule has 34 heavy (non-hydrogen) atoms. The zero-order valence-corrected chi connectivity index (χ0v) is 20.7. The summed E-state index contributed by atoms with van der Waals surface area (Å²) in [5.74, 6) is 0.886. The Bertz CT molecular complexity index is 1290. The molecule has 0 spiro atoms. The van der Waals surface area contributed by atoms with Gasteiger partial charge in [0.1, 0.15) is 10.9 Å². The minimum atomic E-state index is 0.222. The van der Waals surface area contributed by atoms with E-state index < -0.39 is 0 Å². The van der Waals surface area contributed by atoms with Crippen molar-refractivity contribution in [2.24, 2.45) is 16.5 Å². The normalized spacial score (nSPS) is 14.7. The molecule has 0 fully saturated rings. The van der Waals surface area contributed by atoms with Crippen molar-refractivity contribution in [3.8, 4) is 11.1 Å². The molecule has 0 radical (unpaired) electrons. The van der Waals surface area contributed by atoms with Gasteiger partial charge in [0.2, 0.25) is 5.95 Å². The van der Waals surface area contributed by atoms with E-state index in [0.29, 0.717) is 16.7 Å². The average molecular weight is 476 g/mol. The molecule has 0 aliphatic carbocycles. The zero-order valence-electron chi connectivity index (χ0n) is 20.0. The number of nitrogens with two attached hydrogens (primary N) is 2. The van der Waals surface area contributed by atoms with E-state index >= 15 is 0 Å². The summed E-state index contributed by atoms with van der Waals surface area (Å²) in [6, 6.07) is 11.1. The molecule has 0 saturated carbocycles. The Hall–Kier alpha value is -3.42. The van der Waals surface area contributed by atoms with Gasteiger partial charge in [0.05, 0.1) is 6.20 Å². The summed E-state index contributed by atoms with van der Waals surface area (Å²) in [6.07, 6.45) is 4.14. The first kappa shape index (κ1) is 23.7. The third-order valence-corrected chi connectivity index (χ3v) is 6.14. The molecule has 1 aliphatic rings. The van der Waals surface area contributed by atoms with Gasteiger partial charge in [-0.25, -0.2) is 9.98 Å². The van der Waals surface area contributed by atoms with Gasteiger partial charge in [0.25, 0.3) is 0 Å². The van der Waals surface area contributed by atoms with Crippen LogP contribution in [0.15, 0.2) is 53.3 Å².